The number of amides is 1. The van der Waals surface area contributed by atoms with Crippen molar-refractivity contribution >= 4 is 5.91 Å². The van der Waals surface area contributed by atoms with Crippen molar-refractivity contribution in [3.8, 4) is 0 Å². The van der Waals surface area contributed by atoms with Crippen molar-refractivity contribution in [3.63, 3.8) is 0 Å². The summed E-state index contributed by atoms with van der Waals surface area (Å²) in [7, 11) is 0. The fraction of sp³-hybridized carbons (Fsp3) is 0.148. The lowest BCUT2D eigenvalue weighted by Gasteiger charge is -2.18. The standard InChI is InChI=1S/C27H24FN3O3/c28-24-14-8-7-13-21(24)18-31-26(33)23(17-30-27(31)34)25(32)29-16-15-22(19-9-3-1-4-10-19)20-11-5-2-6-12-20/h1-14,17,22H,15-16,18H2,(H,29,32)(H,30,34). The second kappa shape index (κ2) is 10.6. The van der Waals surface area contributed by atoms with E-state index in [1.54, 1.807) is 6.07 Å². The molecule has 0 spiro atoms. The van der Waals surface area contributed by atoms with Crippen LogP contribution in [0.1, 0.15) is 39.4 Å². The van der Waals surface area contributed by atoms with Crippen LogP contribution in [0.2, 0.25) is 0 Å². The predicted octanol–water partition coefficient (Wildman–Crippen LogP) is 3.68. The summed E-state index contributed by atoms with van der Waals surface area (Å²) in [6.07, 6.45) is 1.72. The molecular weight excluding hydrogens is 433 g/mol. The van der Waals surface area contributed by atoms with Crippen LogP contribution in [0.5, 0.6) is 0 Å². The molecule has 1 amide bonds. The third kappa shape index (κ3) is 5.20. The summed E-state index contributed by atoms with van der Waals surface area (Å²) in [6.45, 7) is 0.0468. The Hall–Kier alpha value is -4.26. The number of aromatic nitrogens is 2. The average Bonchev–Trinajstić information content (AvgIpc) is 2.86. The maximum atomic E-state index is 14.0. The normalized spacial score (nSPS) is 10.9. The number of H-pyrrole nitrogens is 1. The fourth-order valence-electron chi connectivity index (χ4n) is 3.94. The Morgan fingerprint density at radius 3 is 2.09 bits per heavy atom. The molecule has 3 aromatic carbocycles. The van der Waals surface area contributed by atoms with Crippen LogP contribution in [-0.4, -0.2) is 22.0 Å². The zero-order valence-electron chi connectivity index (χ0n) is 18.4. The molecule has 0 aliphatic carbocycles. The Bertz CT molecular complexity index is 1340. The van der Waals surface area contributed by atoms with E-state index in [9.17, 15) is 18.8 Å². The SMILES string of the molecule is O=C(NCCC(c1ccccc1)c1ccccc1)c1c[nH]c(=O)n(Cc2ccccc2F)c1=O. The highest BCUT2D eigenvalue weighted by molar-refractivity contribution is 5.93. The maximum absolute atomic E-state index is 14.0. The molecule has 1 heterocycles. The first-order chi connectivity index (χ1) is 16.5. The number of carbonyl (C=O) groups excluding carboxylic acids is 1. The van der Waals surface area contributed by atoms with Gasteiger partial charge in [-0.1, -0.05) is 78.9 Å². The molecule has 172 valence electrons. The van der Waals surface area contributed by atoms with E-state index < -0.39 is 23.0 Å². The summed E-state index contributed by atoms with van der Waals surface area (Å²) in [6, 6.07) is 25.9. The van der Waals surface area contributed by atoms with E-state index in [0.717, 1.165) is 21.9 Å². The lowest BCUT2D eigenvalue weighted by atomic mass is 9.88. The summed E-state index contributed by atoms with van der Waals surface area (Å²) in [5.41, 5.74) is 0.747. The number of hydrogen-bond acceptors (Lipinski definition) is 3. The van der Waals surface area contributed by atoms with E-state index in [-0.39, 0.29) is 23.6 Å². The molecule has 0 bridgehead atoms. The minimum Gasteiger partial charge on any atom is -0.352 e. The summed E-state index contributed by atoms with van der Waals surface area (Å²) in [4.78, 5) is 40.2. The number of hydrogen-bond donors (Lipinski definition) is 2. The van der Waals surface area contributed by atoms with E-state index in [1.165, 1.54) is 18.2 Å². The molecule has 0 fully saturated rings. The van der Waals surface area contributed by atoms with Gasteiger partial charge in [0.25, 0.3) is 11.5 Å². The van der Waals surface area contributed by atoms with Gasteiger partial charge in [-0.05, 0) is 23.6 Å². The molecule has 0 atom stereocenters. The van der Waals surface area contributed by atoms with Crippen LogP contribution in [-0.2, 0) is 6.54 Å². The van der Waals surface area contributed by atoms with Crippen LogP contribution in [0.25, 0.3) is 0 Å². The highest BCUT2D eigenvalue weighted by Gasteiger charge is 2.18. The Kier molecular flexibility index (Phi) is 7.13. The molecule has 34 heavy (non-hydrogen) atoms. The maximum Gasteiger partial charge on any atom is 0.328 e. The van der Waals surface area contributed by atoms with Crippen LogP contribution < -0.4 is 16.6 Å². The average molecular weight is 458 g/mol. The summed E-state index contributed by atoms with van der Waals surface area (Å²) in [5, 5.41) is 2.78. The molecule has 4 rings (SSSR count). The van der Waals surface area contributed by atoms with Crippen LogP contribution in [0.15, 0.2) is 101 Å². The molecule has 0 saturated carbocycles. The second-order valence-electron chi connectivity index (χ2n) is 7.91. The van der Waals surface area contributed by atoms with E-state index in [4.69, 9.17) is 0 Å². The van der Waals surface area contributed by atoms with Gasteiger partial charge in [-0.15, -0.1) is 0 Å². The van der Waals surface area contributed by atoms with Crippen LogP contribution in [0.4, 0.5) is 4.39 Å². The number of benzene rings is 3. The molecule has 4 aromatic rings. The minimum absolute atomic E-state index is 0.0657. The van der Waals surface area contributed by atoms with Gasteiger partial charge in [-0.3, -0.25) is 14.2 Å². The number of aromatic amines is 1. The fourth-order valence-corrected chi connectivity index (χ4v) is 3.94. The van der Waals surface area contributed by atoms with Crippen molar-refractivity contribution in [2.24, 2.45) is 0 Å². The van der Waals surface area contributed by atoms with Gasteiger partial charge >= 0.3 is 5.69 Å². The lowest BCUT2D eigenvalue weighted by Crippen LogP contribution is -2.41. The number of nitrogens with one attached hydrogen (secondary N) is 2. The Morgan fingerprint density at radius 2 is 1.47 bits per heavy atom. The minimum atomic E-state index is -0.771. The summed E-state index contributed by atoms with van der Waals surface area (Å²) < 4.78 is 14.8. The summed E-state index contributed by atoms with van der Waals surface area (Å²) in [5.74, 6) is -1.06. The molecule has 2 N–H and O–H groups in total. The van der Waals surface area contributed by atoms with Gasteiger partial charge in [-0.25, -0.2) is 9.18 Å². The molecule has 1 aromatic heterocycles. The smallest absolute Gasteiger partial charge is 0.328 e. The zero-order chi connectivity index (χ0) is 23.9. The third-order valence-electron chi connectivity index (χ3n) is 5.71. The highest BCUT2D eigenvalue weighted by atomic mass is 19.1. The van der Waals surface area contributed by atoms with Gasteiger partial charge in [0.2, 0.25) is 0 Å². The number of halogens is 1. The molecule has 0 saturated heterocycles. The molecular formula is C27H24FN3O3. The van der Waals surface area contributed by atoms with E-state index in [2.05, 4.69) is 10.3 Å². The highest BCUT2D eigenvalue weighted by Crippen LogP contribution is 2.27. The Labute approximate surface area is 195 Å². The van der Waals surface area contributed by atoms with E-state index in [1.807, 2.05) is 60.7 Å². The quantitative estimate of drug-likeness (QED) is 0.423. The summed E-state index contributed by atoms with van der Waals surface area (Å²) >= 11 is 0. The van der Waals surface area contributed by atoms with Crippen molar-refractivity contribution in [1.82, 2.24) is 14.9 Å². The van der Waals surface area contributed by atoms with Crippen molar-refractivity contribution in [3.05, 3.63) is 140 Å². The first kappa shape index (κ1) is 22.9. The van der Waals surface area contributed by atoms with Crippen LogP contribution in [0.3, 0.4) is 0 Å². The third-order valence-corrected chi connectivity index (χ3v) is 5.71. The molecule has 0 unspecified atom stereocenters. The van der Waals surface area contributed by atoms with Crippen LogP contribution in [0, 0.1) is 5.82 Å². The zero-order valence-corrected chi connectivity index (χ0v) is 18.4. The first-order valence-electron chi connectivity index (χ1n) is 11.0. The molecule has 0 radical (unpaired) electrons. The topological polar surface area (TPSA) is 84.0 Å². The van der Waals surface area contributed by atoms with Crippen LogP contribution >= 0.6 is 0 Å². The lowest BCUT2D eigenvalue weighted by molar-refractivity contribution is 0.0950. The second-order valence-corrected chi connectivity index (χ2v) is 7.91. The van der Waals surface area contributed by atoms with Gasteiger partial charge in [0.15, 0.2) is 0 Å². The van der Waals surface area contributed by atoms with E-state index in [0.29, 0.717) is 13.0 Å². The van der Waals surface area contributed by atoms with Gasteiger partial charge in [0.1, 0.15) is 11.4 Å². The predicted molar refractivity (Wildman–Crippen MR) is 129 cm³/mol. The van der Waals surface area contributed by atoms with E-state index >= 15 is 0 Å². The molecule has 0 aliphatic rings. The largest absolute Gasteiger partial charge is 0.352 e. The van der Waals surface area contributed by atoms with Gasteiger partial charge < -0.3 is 10.3 Å². The number of carbonyl (C=O) groups is 1. The monoisotopic (exact) mass is 457 g/mol. The van der Waals surface area contributed by atoms with Crippen molar-refractivity contribution < 1.29 is 9.18 Å². The van der Waals surface area contributed by atoms with Crippen molar-refractivity contribution in [2.45, 2.75) is 18.9 Å². The number of nitrogens with zero attached hydrogens (tertiary/aromatic N) is 1. The van der Waals surface area contributed by atoms with Crippen molar-refractivity contribution in [1.29, 1.82) is 0 Å². The van der Waals surface area contributed by atoms with Gasteiger partial charge in [0.05, 0.1) is 6.54 Å². The molecule has 7 heteroatoms. The Morgan fingerprint density at radius 1 is 0.882 bits per heavy atom. The number of rotatable bonds is 8. The first-order valence-corrected chi connectivity index (χ1v) is 11.0. The Balaban J connectivity index is 1.50. The van der Waals surface area contributed by atoms with Gasteiger partial charge in [-0.2, -0.15) is 0 Å². The van der Waals surface area contributed by atoms with Gasteiger partial charge in [0, 0.05) is 24.2 Å². The van der Waals surface area contributed by atoms with Crippen molar-refractivity contribution in [2.75, 3.05) is 6.54 Å². The molecule has 0 aliphatic heterocycles. The molecule has 6 nitrogen and oxygen atoms in total.